The molecule has 18 heavy (non-hydrogen) atoms. The molecule has 1 aliphatic heterocycles. The van der Waals surface area contributed by atoms with Gasteiger partial charge in [0, 0.05) is 25.2 Å². The number of carbonyl (C=O) groups is 1. The van der Waals surface area contributed by atoms with Crippen molar-refractivity contribution in [2.45, 2.75) is 6.42 Å². The third-order valence-corrected chi connectivity index (χ3v) is 2.89. The monoisotopic (exact) mass is 265 g/mol. The Bertz CT molecular complexity index is 431. The Kier molecular flexibility index (Phi) is 5.63. The summed E-state index contributed by atoms with van der Waals surface area (Å²) in [6.45, 7) is 3.36. The predicted octanol–water partition coefficient (Wildman–Crippen LogP) is 1.42. The topological polar surface area (TPSA) is 56.1 Å². The van der Waals surface area contributed by atoms with Crippen LogP contribution < -0.4 is 5.32 Å². The summed E-state index contributed by atoms with van der Waals surface area (Å²) in [5.41, 5.74) is 1.24. The van der Waals surface area contributed by atoms with Gasteiger partial charge in [0.05, 0.1) is 11.6 Å². The number of hydrogen-bond acceptors (Lipinski definition) is 3. The summed E-state index contributed by atoms with van der Waals surface area (Å²) in [4.78, 5) is 14.0. The van der Waals surface area contributed by atoms with Crippen molar-refractivity contribution in [3.05, 3.63) is 35.4 Å². The molecule has 96 valence electrons. The minimum atomic E-state index is 0. The Balaban J connectivity index is 0.00000162. The van der Waals surface area contributed by atoms with Gasteiger partial charge in [-0.25, -0.2) is 0 Å². The predicted molar refractivity (Wildman–Crippen MR) is 71.8 cm³/mol. The van der Waals surface area contributed by atoms with E-state index in [2.05, 4.69) is 5.32 Å². The number of carbonyl (C=O) groups excluding carboxylic acids is 1. The number of hydrogen-bond donors (Lipinski definition) is 1. The molecule has 1 aliphatic rings. The molecular weight excluding hydrogens is 250 g/mol. The van der Waals surface area contributed by atoms with Crippen LogP contribution in [0.15, 0.2) is 24.3 Å². The van der Waals surface area contributed by atoms with E-state index < -0.39 is 0 Å². The number of nitrogens with zero attached hydrogens (tertiary/aromatic N) is 2. The Morgan fingerprint density at radius 1 is 1.22 bits per heavy atom. The standard InChI is InChI=1S/C13H15N3O.ClH/c14-10-11-2-4-12(5-3-11)13(17)16-8-1-6-15-7-9-16;/h2-5,15H,1,6-9H2;1H. The van der Waals surface area contributed by atoms with Crippen LogP contribution in [0.1, 0.15) is 22.3 Å². The molecule has 0 unspecified atom stereocenters. The maximum atomic E-state index is 12.2. The summed E-state index contributed by atoms with van der Waals surface area (Å²) < 4.78 is 0. The molecule has 1 aromatic carbocycles. The summed E-state index contributed by atoms with van der Waals surface area (Å²) >= 11 is 0. The van der Waals surface area contributed by atoms with Crippen molar-refractivity contribution in [2.24, 2.45) is 0 Å². The first kappa shape index (κ1) is 14.5. The quantitative estimate of drug-likeness (QED) is 0.835. The Morgan fingerprint density at radius 2 is 1.94 bits per heavy atom. The molecule has 5 heteroatoms. The van der Waals surface area contributed by atoms with Gasteiger partial charge in [0.2, 0.25) is 0 Å². The third kappa shape index (κ3) is 3.46. The highest BCUT2D eigenvalue weighted by molar-refractivity contribution is 5.94. The van der Waals surface area contributed by atoms with Crippen molar-refractivity contribution >= 4 is 18.3 Å². The van der Waals surface area contributed by atoms with Gasteiger partial charge in [0.1, 0.15) is 0 Å². The molecule has 1 fully saturated rings. The highest BCUT2D eigenvalue weighted by Crippen LogP contribution is 2.08. The number of amides is 1. The van der Waals surface area contributed by atoms with Gasteiger partial charge in [-0.05, 0) is 37.2 Å². The first-order valence-electron chi connectivity index (χ1n) is 5.81. The summed E-state index contributed by atoms with van der Waals surface area (Å²) in [6.07, 6.45) is 0.988. The van der Waals surface area contributed by atoms with Crippen molar-refractivity contribution in [3.8, 4) is 6.07 Å². The van der Waals surface area contributed by atoms with Crippen LogP contribution in [-0.4, -0.2) is 37.0 Å². The van der Waals surface area contributed by atoms with Gasteiger partial charge in [0.15, 0.2) is 0 Å². The molecule has 0 saturated carbocycles. The van der Waals surface area contributed by atoms with Crippen LogP contribution in [0.2, 0.25) is 0 Å². The molecule has 0 spiro atoms. The molecular formula is C13H16ClN3O. The van der Waals surface area contributed by atoms with Crippen molar-refractivity contribution in [3.63, 3.8) is 0 Å². The Hall–Kier alpha value is -1.57. The van der Waals surface area contributed by atoms with Gasteiger partial charge < -0.3 is 10.2 Å². The first-order chi connectivity index (χ1) is 8.31. The van der Waals surface area contributed by atoms with E-state index in [4.69, 9.17) is 5.26 Å². The molecule has 0 atom stereocenters. The fourth-order valence-corrected chi connectivity index (χ4v) is 1.92. The van der Waals surface area contributed by atoms with Gasteiger partial charge in [0.25, 0.3) is 5.91 Å². The fourth-order valence-electron chi connectivity index (χ4n) is 1.92. The van der Waals surface area contributed by atoms with Crippen LogP contribution in [0.5, 0.6) is 0 Å². The van der Waals surface area contributed by atoms with E-state index in [1.54, 1.807) is 24.3 Å². The van der Waals surface area contributed by atoms with E-state index in [9.17, 15) is 4.79 Å². The average molecular weight is 266 g/mol. The normalized spacial score (nSPS) is 15.2. The Labute approximate surface area is 113 Å². The highest BCUT2D eigenvalue weighted by Gasteiger charge is 2.16. The number of rotatable bonds is 1. The lowest BCUT2D eigenvalue weighted by molar-refractivity contribution is 0.0766. The molecule has 0 aromatic heterocycles. The van der Waals surface area contributed by atoms with Crippen molar-refractivity contribution in [2.75, 3.05) is 26.2 Å². The van der Waals surface area contributed by atoms with Crippen LogP contribution in [0.3, 0.4) is 0 Å². The number of nitrogens with one attached hydrogen (secondary N) is 1. The second-order valence-electron chi connectivity index (χ2n) is 4.08. The van der Waals surface area contributed by atoms with E-state index in [-0.39, 0.29) is 18.3 Å². The number of nitriles is 1. The minimum absolute atomic E-state index is 0. The lowest BCUT2D eigenvalue weighted by Crippen LogP contribution is -2.34. The summed E-state index contributed by atoms with van der Waals surface area (Å²) in [6, 6.07) is 8.86. The summed E-state index contributed by atoms with van der Waals surface area (Å²) in [5.74, 6) is 0.0539. The number of benzene rings is 1. The van der Waals surface area contributed by atoms with Gasteiger partial charge in [-0.1, -0.05) is 0 Å². The van der Waals surface area contributed by atoms with Gasteiger partial charge in [-0.2, -0.15) is 5.26 Å². The second kappa shape index (κ2) is 7.00. The Morgan fingerprint density at radius 3 is 2.61 bits per heavy atom. The number of halogens is 1. The molecule has 1 N–H and O–H groups in total. The van der Waals surface area contributed by atoms with Crippen molar-refractivity contribution in [1.29, 1.82) is 5.26 Å². The van der Waals surface area contributed by atoms with Crippen LogP contribution in [0.25, 0.3) is 0 Å². The maximum Gasteiger partial charge on any atom is 0.253 e. The fraction of sp³-hybridized carbons (Fsp3) is 0.385. The summed E-state index contributed by atoms with van der Waals surface area (Å²) in [5, 5.41) is 12.0. The molecule has 1 aromatic rings. The average Bonchev–Trinajstić information content (AvgIpc) is 2.67. The molecule has 1 heterocycles. The molecule has 1 amide bonds. The highest BCUT2D eigenvalue weighted by atomic mass is 35.5. The molecule has 4 nitrogen and oxygen atoms in total. The molecule has 0 radical (unpaired) electrons. The summed E-state index contributed by atoms with van der Waals surface area (Å²) in [7, 11) is 0. The van der Waals surface area contributed by atoms with Crippen LogP contribution in [0, 0.1) is 11.3 Å². The van der Waals surface area contributed by atoms with Crippen LogP contribution >= 0.6 is 12.4 Å². The second-order valence-corrected chi connectivity index (χ2v) is 4.08. The maximum absolute atomic E-state index is 12.2. The van der Waals surface area contributed by atoms with Gasteiger partial charge in [-0.15, -0.1) is 12.4 Å². The molecule has 0 aliphatic carbocycles. The zero-order chi connectivity index (χ0) is 12.1. The van der Waals surface area contributed by atoms with E-state index in [1.165, 1.54) is 0 Å². The minimum Gasteiger partial charge on any atom is -0.337 e. The third-order valence-electron chi connectivity index (χ3n) is 2.89. The van der Waals surface area contributed by atoms with E-state index in [0.717, 1.165) is 32.6 Å². The van der Waals surface area contributed by atoms with Crippen LogP contribution in [0.4, 0.5) is 0 Å². The zero-order valence-corrected chi connectivity index (χ0v) is 10.9. The van der Waals surface area contributed by atoms with E-state index >= 15 is 0 Å². The smallest absolute Gasteiger partial charge is 0.253 e. The van der Waals surface area contributed by atoms with E-state index in [0.29, 0.717) is 11.1 Å². The van der Waals surface area contributed by atoms with Crippen molar-refractivity contribution in [1.82, 2.24) is 10.2 Å². The van der Waals surface area contributed by atoms with Gasteiger partial charge >= 0.3 is 0 Å². The molecule has 1 saturated heterocycles. The SMILES string of the molecule is Cl.N#Cc1ccc(C(=O)N2CCCNCC2)cc1. The van der Waals surface area contributed by atoms with Crippen LogP contribution in [-0.2, 0) is 0 Å². The van der Waals surface area contributed by atoms with Gasteiger partial charge in [-0.3, -0.25) is 4.79 Å². The molecule has 2 rings (SSSR count). The lowest BCUT2D eigenvalue weighted by Gasteiger charge is -2.19. The van der Waals surface area contributed by atoms with E-state index in [1.807, 2.05) is 11.0 Å². The molecule has 0 bridgehead atoms. The lowest BCUT2D eigenvalue weighted by atomic mass is 10.1. The first-order valence-corrected chi connectivity index (χ1v) is 5.81. The van der Waals surface area contributed by atoms with Crippen molar-refractivity contribution < 1.29 is 4.79 Å². The largest absolute Gasteiger partial charge is 0.337 e. The zero-order valence-electron chi connectivity index (χ0n) is 10.1.